The summed E-state index contributed by atoms with van der Waals surface area (Å²) in [6.07, 6.45) is -4.90. The third-order valence-electron chi connectivity index (χ3n) is 5.38. The standard InChI is InChI=1S/C18H24F4N4O2/c1-12-10-26(17(27)28)7-6-25(12)11-13-8-15(16(23-9-13)18(20,21)22)24-4-2-14(19)3-5-24/h8-9,12,14H,2-7,10-11H2,1H3,(H,27,28)/t12-/m0/s1. The third kappa shape index (κ3) is 4.65. The molecule has 6 nitrogen and oxygen atoms in total. The molecule has 0 saturated carbocycles. The number of amides is 1. The van der Waals surface area contributed by atoms with Crippen LogP contribution in [0.2, 0.25) is 0 Å². The van der Waals surface area contributed by atoms with Crippen molar-refractivity contribution in [2.24, 2.45) is 0 Å². The Morgan fingerprint density at radius 1 is 1.25 bits per heavy atom. The highest BCUT2D eigenvalue weighted by atomic mass is 19.4. The fraction of sp³-hybridized carbons (Fsp3) is 0.667. The van der Waals surface area contributed by atoms with Crippen molar-refractivity contribution in [3.8, 4) is 0 Å². The molecule has 0 bridgehead atoms. The SMILES string of the molecule is C[C@H]1CN(C(=O)O)CCN1Cc1cnc(C(F)(F)F)c(N2CCC(F)CC2)c1. The molecule has 3 rings (SSSR count). The van der Waals surface area contributed by atoms with Crippen LogP contribution in [0.15, 0.2) is 12.3 Å². The highest BCUT2D eigenvalue weighted by Crippen LogP contribution is 2.37. The minimum absolute atomic E-state index is 0.00581. The van der Waals surface area contributed by atoms with Crippen LogP contribution in [0.1, 0.15) is 31.0 Å². The normalized spacial score (nSPS) is 22.5. The molecule has 1 aromatic heterocycles. The Hall–Kier alpha value is -2.10. The maximum atomic E-state index is 13.4. The molecule has 2 aliphatic heterocycles. The van der Waals surface area contributed by atoms with Gasteiger partial charge in [0.05, 0.1) is 5.69 Å². The van der Waals surface area contributed by atoms with Gasteiger partial charge in [0, 0.05) is 51.5 Å². The molecule has 1 aromatic rings. The van der Waals surface area contributed by atoms with Crippen LogP contribution in [0.25, 0.3) is 0 Å². The fourth-order valence-electron chi connectivity index (χ4n) is 3.77. The van der Waals surface area contributed by atoms with Gasteiger partial charge in [-0.25, -0.2) is 14.2 Å². The Kier molecular flexibility index (Phi) is 5.97. The largest absolute Gasteiger partial charge is 0.465 e. The molecule has 0 unspecified atom stereocenters. The monoisotopic (exact) mass is 404 g/mol. The van der Waals surface area contributed by atoms with E-state index in [4.69, 9.17) is 5.11 Å². The van der Waals surface area contributed by atoms with E-state index < -0.39 is 24.1 Å². The second-order valence-electron chi connectivity index (χ2n) is 7.42. The molecular formula is C18H24F4N4O2. The first kappa shape index (κ1) is 20.6. The molecule has 2 saturated heterocycles. The second kappa shape index (κ2) is 8.10. The average molecular weight is 404 g/mol. The van der Waals surface area contributed by atoms with Crippen molar-refractivity contribution in [1.82, 2.24) is 14.8 Å². The number of alkyl halides is 4. The summed E-state index contributed by atoms with van der Waals surface area (Å²) in [6, 6.07) is 1.43. The first-order chi connectivity index (χ1) is 13.1. The highest BCUT2D eigenvalue weighted by molar-refractivity contribution is 5.65. The molecule has 1 N–H and O–H groups in total. The molecule has 0 radical (unpaired) electrons. The number of hydrogen-bond acceptors (Lipinski definition) is 4. The van der Waals surface area contributed by atoms with Crippen molar-refractivity contribution in [1.29, 1.82) is 0 Å². The molecule has 156 valence electrons. The fourth-order valence-corrected chi connectivity index (χ4v) is 3.77. The Labute approximate surface area is 160 Å². The molecule has 0 aliphatic carbocycles. The van der Waals surface area contributed by atoms with Crippen LogP contribution >= 0.6 is 0 Å². The van der Waals surface area contributed by atoms with Crippen LogP contribution in [0.4, 0.5) is 28.0 Å². The first-order valence-electron chi connectivity index (χ1n) is 9.32. The zero-order valence-corrected chi connectivity index (χ0v) is 15.6. The van der Waals surface area contributed by atoms with Gasteiger partial charge in [-0.3, -0.25) is 4.90 Å². The average Bonchev–Trinajstić information content (AvgIpc) is 2.63. The molecule has 2 fully saturated rings. The van der Waals surface area contributed by atoms with E-state index in [2.05, 4.69) is 4.98 Å². The van der Waals surface area contributed by atoms with Gasteiger partial charge in [0.1, 0.15) is 6.17 Å². The highest BCUT2D eigenvalue weighted by Gasteiger charge is 2.38. The number of aromatic nitrogens is 1. The first-order valence-corrected chi connectivity index (χ1v) is 9.32. The van der Waals surface area contributed by atoms with Crippen molar-refractivity contribution < 1.29 is 27.5 Å². The summed E-state index contributed by atoms with van der Waals surface area (Å²) < 4.78 is 53.7. The van der Waals surface area contributed by atoms with E-state index in [0.29, 0.717) is 31.7 Å². The maximum Gasteiger partial charge on any atom is 0.435 e. The number of piperazine rings is 1. The molecule has 1 atom stereocenters. The van der Waals surface area contributed by atoms with E-state index in [-0.39, 0.29) is 37.7 Å². The number of nitrogens with zero attached hydrogens (tertiary/aromatic N) is 4. The summed E-state index contributed by atoms with van der Waals surface area (Å²) >= 11 is 0. The number of hydrogen-bond donors (Lipinski definition) is 1. The van der Waals surface area contributed by atoms with Crippen molar-refractivity contribution in [2.75, 3.05) is 37.6 Å². The Morgan fingerprint density at radius 2 is 1.93 bits per heavy atom. The van der Waals surface area contributed by atoms with Crippen LogP contribution in [-0.2, 0) is 12.7 Å². The lowest BCUT2D eigenvalue weighted by Gasteiger charge is -2.38. The van der Waals surface area contributed by atoms with Gasteiger partial charge >= 0.3 is 12.3 Å². The predicted octanol–water partition coefficient (Wildman–Crippen LogP) is 3.22. The van der Waals surface area contributed by atoms with Crippen molar-refractivity contribution in [3.05, 3.63) is 23.5 Å². The molecule has 1 amide bonds. The van der Waals surface area contributed by atoms with E-state index in [0.717, 1.165) is 0 Å². The molecule has 3 heterocycles. The van der Waals surface area contributed by atoms with Gasteiger partial charge in [-0.05, 0) is 31.4 Å². The van der Waals surface area contributed by atoms with Gasteiger partial charge in [0.25, 0.3) is 0 Å². The van der Waals surface area contributed by atoms with Gasteiger partial charge in [-0.15, -0.1) is 0 Å². The quantitative estimate of drug-likeness (QED) is 0.784. The Morgan fingerprint density at radius 3 is 2.50 bits per heavy atom. The molecule has 10 heteroatoms. The van der Waals surface area contributed by atoms with Gasteiger partial charge in [0.2, 0.25) is 0 Å². The Balaban J connectivity index is 1.79. The van der Waals surface area contributed by atoms with E-state index >= 15 is 0 Å². The zero-order valence-electron chi connectivity index (χ0n) is 15.6. The number of carbonyl (C=O) groups is 1. The summed E-state index contributed by atoms with van der Waals surface area (Å²) in [5.74, 6) is 0. The number of piperidine rings is 1. The van der Waals surface area contributed by atoms with Crippen LogP contribution in [0.5, 0.6) is 0 Å². The van der Waals surface area contributed by atoms with Gasteiger partial charge < -0.3 is 14.9 Å². The van der Waals surface area contributed by atoms with Gasteiger partial charge in [0.15, 0.2) is 5.69 Å². The summed E-state index contributed by atoms with van der Waals surface area (Å²) in [7, 11) is 0. The predicted molar refractivity (Wildman–Crippen MR) is 95.1 cm³/mol. The van der Waals surface area contributed by atoms with Crippen molar-refractivity contribution in [2.45, 2.75) is 44.7 Å². The Bertz CT molecular complexity index is 707. The number of carboxylic acid groups (broad SMARTS) is 1. The summed E-state index contributed by atoms with van der Waals surface area (Å²) in [5, 5.41) is 9.10. The maximum absolute atomic E-state index is 13.4. The molecule has 28 heavy (non-hydrogen) atoms. The van der Waals surface area contributed by atoms with E-state index in [9.17, 15) is 22.4 Å². The molecule has 0 spiro atoms. The van der Waals surface area contributed by atoms with Gasteiger partial charge in [-0.2, -0.15) is 13.2 Å². The minimum atomic E-state index is -4.58. The summed E-state index contributed by atoms with van der Waals surface area (Å²) in [5.41, 5.74) is -0.327. The topological polar surface area (TPSA) is 59.9 Å². The van der Waals surface area contributed by atoms with Crippen LogP contribution in [0.3, 0.4) is 0 Å². The van der Waals surface area contributed by atoms with Crippen molar-refractivity contribution in [3.63, 3.8) is 0 Å². The molecule has 0 aromatic carbocycles. The van der Waals surface area contributed by atoms with E-state index in [1.807, 2.05) is 11.8 Å². The minimum Gasteiger partial charge on any atom is -0.465 e. The molecular weight excluding hydrogens is 380 g/mol. The number of halogens is 4. The zero-order chi connectivity index (χ0) is 20.5. The van der Waals surface area contributed by atoms with Crippen LogP contribution < -0.4 is 4.90 Å². The number of anilines is 1. The lowest BCUT2D eigenvalue weighted by molar-refractivity contribution is -0.140. The smallest absolute Gasteiger partial charge is 0.435 e. The van der Waals surface area contributed by atoms with Crippen LogP contribution in [0, 0.1) is 0 Å². The lowest BCUT2D eigenvalue weighted by Crippen LogP contribution is -2.52. The molecule has 2 aliphatic rings. The van der Waals surface area contributed by atoms with Crippen LogP contribution in [-0.4, -0.2) is 70.9 Å². The summed E-state index contributed by atoms with van der Waals surface area (Å²) in [4.78, 5) is 19.7. The van der Waals surface area contributed by atoms with E-state index in [1.165, 1.54) is 17.2 Å². The second-order valence-corrected chi connectivity index (χ2v) is 7.42. The number of rotatable bonds is 3. The van der Waals surface area contributed by atoms with Gasteiger partial charge in [-0.1, -0.05) is 0 Å². The summed E-state index contributed by atoms with van der Waals surface area (Å²) in [6.45, 7) is 3.92. The third-order valence-corrected chi connectivity index (χ3v) is 5.38. The lowest BCUT2D eigenvalue weighted by atomic mass is 10.1. The number of pyridine rings is 1. The van der Waals surface area contributed by atoms with Crippen molar-refractivity contribution >= 4 is 11.8 Å². The van der Waals surface area contributed by atoms with E-state index in [1.54, 1.807) is 4.90 Å².